The molecular formula is C16H19ClN4O. The minimum atomic E-state index is 0.00228. The van der Waals surface area contributed by atoms with E-state index in [4.69, 9.17) is 11.6 Å². The van der Waals surface area contributed by atoms with Gasteiger partial charge in [-0.3, -0.25) is 19.8 Å². The van der Waals surface area contributed by atoms with Crippen molar-refractivity contribution >= 4 is 17.4 Å². The first-order valence-electron chi connectivity index (χ1n) is 7.52. The maximum absolute atomic E-state index is 12.5. The van der Waals surface area contributed by atoms with Crippen LogP contribution in [0.1, 0.15) is 34.7 Å². The molecule has 1 fully saturated rings. The van der Waals surface area contributed by atoms with E-state index in [0.717, 1.165) is 37.3 Å². The zero-order valence-corrected chi connectivity index (χ0v) is 13.3. The van der Waals surface area contributed by atoms with E-state index in [-0.39, 0.29) is 11.7 Å². The van der Waals surface area contributed by atoms with E-state index in [1.165, 1.54) is 0 Å². The molecule has 6 heteroatoms. The molecule has 0 amide bonds. The summed E-state index contributed by atoms with van der Waals surface area (Å²) < 4.78 is 0. The Morgan fingerprint density at radius 2 is 2.36 bits per heavy atom. The maximum Gasteiger partial charge on any atom is 0.185 e. The van der Waals surface area contributed by atoms with Crippen LogP contribution in [-0.4, -0.2) is 39.0 Å². The van der Waals surface area contributed by atoms with Gasteiger partial charge in [-0.05, 0) is 38.4 Å². The van der Waals surface area contributed by atoms with E-state index < -0.39 is 0 Å². The number of halogens is 1. The summed E-state index contributed by atoms with van der Waals surface area (Å²) in [5.74, 6) is 0.136. The van der Waals surface area contributed by atoms with Crippen LogP contribution < -0.4 is 0 Å². The smallest absolute Gasteiger partial charge is 0.185 e. The van der Waals surface area contributed by atoms with Crippen molar-refractivity contribution in [3.63, 3.8) is 0 Å². The number of likely N-dealkylation sites (tertiary alicyclic amines) is 1. The number of hydrogen-bond donors (Lipinski definition) is 1. The van der Waals surface area contributed by atoms with E-state index in [1.54, 1.807) is 12.3 Å². The number of carbonyl (C=O) groups excluding carboxylic acids is 1. The molecule has 1 aliphatic rings. The van der Waals surface area contributed by atoms with E-state index in [0.29, 0.717) is 17.3 Å². The van der Waals surface area contributed by atoms with Crippen LogP contribution in [0.3, 0.4) is 0 Å². The molecule has 2 aromatic rings. The van der Waals surface area contributed by atoms with Gasteiger partial charge in [0.25, 0.3) is 0 Å². The summed E-state index contributed by atoms with van der Waals surface area (Å²) in [7, 11) is 0. The highest BCUT2D eigenvalue weighted by atomic mass is 35.5. The fourth-order valence-electron chi connectivity index (χ4n) is 2.91. The largest absolute Gasteiger partial charge is 0.297 e. The Hall–Kier alpha value is -1.72. The lowest BCUT2D eigenvalue weighted by Crippen LogP contribution is -2.38. The van der Waals surface area contributed by atoms with Gasteiger partial charge < -0.3 is 0 Å². The number of aromatic nitrogens is 3. The minimum Gasteiger partial charge on any atom is -0.297 e. The van der Waals surface area contributed by atoms with Gasteiger partial charge in [0.2, 0.25) is 0 Å². The van der Waals surface area contributed by atoms with Crippen molar-refractivity contribution < 1.29 is 4.79 Å². The fraction of sp³-hybridized carbons (Fsp3) is 0.438. The maximum atomic E-state index is 12.5. The molecule has 1 N–H and O–H groups in total. The molecule has 0 unspecified atom stereocenters. The highest BCUT2D eigenvalue weighted by Gasteiger charge is 2.28. The van der Waals surface area contributed by atoms with Gasteiger partial charge in [-0.2, -0.15) is 5.10 Å². The van der Waals surface area contributed by atoms with Crippen LogP contribution in [0.15, 0.2) is 24.4 Å². The van der Waals surface area contributed by atoms with Crippen LogP contribution in [-0.2, 0) is 6.54 Å². The molecule has 3 heterocycles. The predicted molar refractivity (Wildman–Crippen MR) is 84.9 cm³/mol. The predicted octanol–water partition coefficient (Wildman–Crippen LogP) is 2.86. The first-order chi connectivity index (χ1) is 10.6. The summed E-state index contributed by atoms with van der Waals surface area (Å²) in [4.78, 5) is 19.0. The summed E-state index contributed by atoms with van der Waals surface area (Å²) in [5.41, 5.74) is 2.29. The Bertz CT molecular complexity index is 655. The molecular weight excluding hydrogens is 300 g/mol. The number of pyridine rings is 1. The van der Waals surface area contributed by atoms with Gasteiger partial charge in [-0.1, -0.05) is 17.7 Å². The molecule has 0 saturated carbocycles. The lowest BCUT2D eigenvalue weighted by Gasteiger charge is -2.31. The van der Waals surface area contributed by atoms with Crippen LogP contribution in [0, 0.1) is 12.8 Å². The monoisotopic (exact) mass is 318 g/mol. The van der Waals surface area contributed by atoms with E-state index in [2.05, 4.69) is 20.1 Å². The SMILES string of the molecule is Cc1[nH]nc(CN2CCC[C@H](C(=O)c3ccccn3)C2)c1Cl. The number of hydrogen-bond acceptors (Lipinski definition) is 4. The Kier molecular flexibility index (Phi) is 4.55. The van der Waals surface area contributed by atoms with Crippen LogP contribution in [0.5, 0.6) is 0 Å². The third-order valence-corrected chi connectivity index (χ3v) is 4.61. The van der Waals surface area contributed by atoms with Crippen LogP contribution in [0.4, 0.5) is 0 Å². The van der Waals surface area contributed by atoms with Crippen molar-refractivity contribution in [3.05, 3.63) is 46.5 Å². The molecule has 116 valence electrons. The van der Waals surface area contributed by atoms with Crippen molar-refractivity contribution in [2.75, 3.05) is 13.1 Å². The van der Waals surface area contributed by atoms with Crippen molar-refractivity contribution in [1.82, 2.24) is 20.1 Å². The Labute approximate surface area is 134 Å². The zero-order valence-electron chi connectivity index (χ0n) is 12.6. The second kappa shape index (κ2) is 6.58. The second-order valence-corrected chi connectivity index (χ2v) is 6.14. The molecule has 1 saturated heterocycles. The summed E-state index contributed by atoms with van der Waals surface area (Å²) in [6, 6.07) is 5.47. The molecule has 22 heavy (non-hydrogen) atoms. The van der Waals surface area contributed by atoms with Gasteiger partial charge in [0, 0.05) is 25.2 Å². The molecule has 0 spiro atoms. The van der Waals surface area contributed by atoms with Gasteiger partial charge in [0.15, 0.2) is 5.78 Å². The molecule has 5 nitrogen and oxygen atoms in total. The number of H-pyrrole nitrogens is 1. The van der Waals surface area contributed by atoms with Crippen LogP contribution in [0.2, 0.25) is 5.02 Å². The van der Waals surface area contributed by atoms with Crippen LogP contribution >= 0.6 is 11.6 Å². The highest BCUT2D eigenvalue weighted by Crippen LogP contribution is 2.24. The van der Waals surface area contributed by atoms with Gasteiger partial charge in [0.05, 0.1) is 16.4 Å². The number of rotatable bonds is 4. The van der Waals surface area contributed by atoms with E-state index in [9.17, 15) is 4.79 Å². The number of nitrogens with zero attached hydrogens (tertiary/aromatic N) is 3. The summed E-state index contributed by atoms with van der Waals surface area (Å²) in [6.07, 6.45) is 3.59. The Morgan fingerprint density at radius 3 is 3.05 bits per heavy atom. The second-order valence-electron chi connectivity index (χ2n) is 5.76. The molecule has 1 atom stereocenters. The lowest BCUT2D eigenvalue weighted by atomic mass is 9.92. The van der Waals surface area contributed by atoms with E-state index in [1.807, 2.05) is 19.1 Å². The summed E-state index contributed by atoms with van der Waals surface area (Å²) in [5, 5.41) is 7.84. The minimum absolute atomic E-state index is 0.00228. The number of aromatic amines is 1. The average molecular weight is 319 g/mol. The molecule has 0 bridgehead atoms. The zero-order chi connectivity index (χ0) is 15.5. The number of carbonyl (C=O) groups is 1. The fourth-order valence-corrected chi connectivity index (χ4v) is 3.06. The standard InChI is InChI=1S/C16H19ClN4O/c1-11-15(17)14(20-19-11)10-21-8-4-5-12(9-21)16(22)13-6-2-3-7-18-13/h2-3,6-7,12H,4-5,8-10H2,1H3,(H,19,20)/t12-/m0/s1. The van der Waals surface area contributed by atoms with Gasteiger partial charge in [0.1, 0.15) is 5.69 Å². The number of Topliss-reactive ketones (excluding diaryl/α,β-unsaturated/α-hetero) is 1. The average Bonchev–Trinajstić information content (AvgIpc) is 2.87. The number of nitrogens with one attached hydrogen (secondary N) is 1. The first-order valence-corrected chi connectivity index (χ1v) is 7.90. The third-order valence-electron chi connectivity index (χ3n) is 4.11. The molecule has 2 aromatic heterocycles. The third kappa shape index (κ3) is 3.20. The van der Waals surface area contributed by atoms with Crippen molar-refractivity contribution in [2.24, 2.45) is 5.92 Å². The Morgan fingerprint density at radius 1 is 1.50 bits per heavy atom. The van der Waals surface area contributed by atoms with Crippen molar-refractivity contribution in [1.29, 1.82) is 0 Å². The molecule has 0 aromatic carbocycles. The number of ketones is 1. The van der Waals surface area contributed by atoms with Gasteiger partial charge in [-0.25, -0.2) is 0 Å². The quantitative estimate of drug-likeness (QED) is 0.881. The normalized spacial score (nSPS) is 19.3. The van der Waals surface area contributed by atoms with Gasteiger partial charge >= 0.3 is 0 Å². The highest BCUT2D eigenvalue weighted by molar-refractivity contribution is 6.31. The summed E-state index contributed by atoms with van der Waals surface area (Å²) in [6.45, 7) is 4.28. The van der Waals surface area contributed by atoms with Crippen molar-refractivity contribution in [3.8, 4) is 0 Å². The van der Waals surface area contributed by atoms with E-state index >= 15 is 0 Å². The Balaban J connectivity index is 1.67. The first kappa shape index (κ1) is 15.2. The molecule has 0 radical (unpaired) electrons. The molecule has 1 aliphatic heterocycles. The summed E-state index contributed by atoms with van der Waals surface area (Å²) >= 11 is 6.23. The van der Waals surface area contributed by atoms with Gasteiger partial charge in [-0.15, -0.1) is 0 Å². The van der Waals surface area contributed by atoms with Crippen molar-refractivity contribution in [2.45, 2.75) is 26.3 Å². The topological polar surface area (TPSA) is 61.9 Å². The number of aryl methyl sites for hydroxylation is 1. The van der Waals surface area contributed by atoms with Crippen LogP contribution in [0.25, 0.3) is 0 Å². The number of piperidine rings is 1. The molecule has 3 rings (SSSR count). The molecule has 0 aliphatic carbocycles. The lowest BCUT2D eigenvalue weighted by molar-refractivity contribution is 0.0805.